The Kier molecular flexibility index (Phi) is 2.34. The fraction of sp³-hybridized carbons (Fsp3) is 0. The predicted octanol–water partition coefficient (Wildman–Crippen LogP) is 2.10. The number of carbonyl (C=O) groups is 1. The van der Waals surface area contributed by atoms with Crippen molar-refractivity contribution in [2.24, 2.45) is 5.73 Å². The van der Waals surface area contributed by atoms with Crippen molar-refractivity contribution < 1.29 is 4.79 Å². The molecule has 0 radical (unpaired) electrons. The summed E-state index contributed by atoms with van der Waals surface area (Å²) in [6.45, 7) is 0. The Bertz CT molecular complexity index is 730. The van der Waals surface area contributed by atoms with Gasteiger partial charge in [-0.2, -0.15) is 0 Å². The van der Waals surface area contributed by atoms with Crippen molar-refractivity contribution in [3.63, 3.8) is 0 Å². The molecule has 0 spiro atoms. The zero-order valence-corrected chi connectivity index (χ0v) is 9.58. The largest absolute Gasteiger partial charge is 0.366 e. The SMILES string of the molecule is NC(=O)c1cccc(-c2cccc3nccn23)c1. The first-order valence-electron chi connectivity index (χ1n) is 5.58. The van der Waals surface area contributed by atoms with Crippen LogP contribution in [0.5, 0.6) is 0 Å². The van der Waals surface area contributed by atoms with Gasteiger partial charge in [-0.1, -0.05) is 18.2 Å². The average molecular weight is 237 g/mol. The Morgan fingerprint density at radius 1 is 1.17 bits per heavy atom. The maximum Gasteiger partial charge on any atom is 0.248 e. The first-order valence-corrected chi connectivity index (χ1v) is 5.58. The van der Waals surface area contributed by atoms with Crippen LogP contribution in [0.25, 0.3) is 16.9 Å². The molecule has 0 aliphatic heterocycles. The maximum atomic E-state index is 11.2. The lowest BCUT2D eigenvalue weighted by Crippen LogP contribution is -2.10. The summed E-state index contributed by atoms with van der Waals surface area (Å²) in [5, 5.41) is 0. The van der Waals surface area contributed by atoms with Crippen molar-refractivity contribution in [2.45, 2.75) is 0 Å². The molecule has 2 aromatic heterocycles. The fourth-order valence-electron chi connectivity index (χ4n) is 2.01. The summed E-state index contributed by atoms with van der Waals surface area (Å²) in [5.41, 5.74) is 8.59. The van der Waals surface area contributed by atoms with Gasteiger partial charge in [0.2, 0.25) is 5.91 Å². The fourth-order valence-corrected chi connectivity index (χ4v) is 2.01. The number of hydrogen-bond donors (Lipinski definition) is 1. The molecule has 3 rings (SSSR count). The molecule has 2 N–H and O–H groups in total. The number of hydrogen-bond acceptors (Lipinski definition) is 2. The van der Waals surface area contributed by atoms with E-state index in [1.165, 1.54) is 0 Å². The Hall–Kier alpha value is -2.62. The lowest BCUT2D eigenvalue weighted by Gasteiger charge is -2.06. The van der Waals surface area contributed by atoms with E-state index in [0.29, 0.717) is 5.56 Å². The van der Waals surface area contributed by atoms with E-state index in [2.05, 4.69) is 4.98 Å². The highest BCUT2D eigenvalue weighted by molar-refractivity contribution is 5.94. The number of rotatable bonds is 2. The molecule has 4 heteroatoms. The Labute approximate surface area is 104 Å². The average Bonchev–Trinajstić information content (AvgIpc) is 2.87. The van der Waals surface area contributed by atoms with E-state index in [9.17, 15) is 4.79 Å². The van der Waals surface area contributed by atoms with Gasteiger partial charge in [-0.25, -0.2) is 4.98 Å². The van der Waals surface area contributed by atoms with Crippen molar-refractivity contribution in [3.8, 4) is 11.3 Å². The first-order chi connectivity index (χ1) is 8.75. The number of carbonyl (C=O) groups excluding carboxylic acids is 1. The molecular weight excluding hydrogens is 226 g/mol. The second-order valence-electron chi connectivity index (χ2n) is 4.01. The third-order valence-corrected chi connectivity index (χ3v) is 2.87. The van der Waals surface area contributed by atoms with Crippen LogP contribution in [-0.2, 0) is 0 Å². The van der Waals surface area contributed by atoms with Crippen LogP contribution in [0.2, 0.25) is 0 Å². The van der Waals surface area contributed by atoms with Gasteiger partial charge in [0.15, 0.2) is 0 Å². The van der Waals surface area contributed by atoms with Crippen LogP contribution < -0.4 is 5.73 Å². The monoisotopic (exact) mass is 237 g/mol. The molecule has 0 bridgehead atoms. The van der Waals surface area contributed by atoms with Crippen LogP contribution in [0, 0.1) is 0 Å². The summed E-state index contributed by atoms with van der Waals surface area (Å²) in [6.07, 6.45) is 3.64. The second kappa shape index (κ2) is 4.00. The van der Waals surface area contributed by atoms with Gasteiger partial charge in [-0.3, -0.25) is 9.20 Å². The molecule has 3 aromatic rings. The Morgan fingerprint density at radius 2 is 2.00 bits per heavy atom. The van der Waals surface area contributed by atoms with Gasteiger partial charge in [0.25, 0.3) is 0 Å². The Morgan fingerprint density at radius 3 is 2.83 bits per heavy atom. The van der Waals surface area contributed by atoms with Crippen molar-refractivity contribution >= 4 is 11.6 Å². The predicted molar refractivity (Wildman–Crippen MR) is 69.1 cm³/mol. The third-order valence-electron chi connectivity index (χ3n) is 2.87. The van der Waals surface area contributed by atoms with Gasteiger partial charge >= 0.3 is 0 Å². The quantitative estimate of drug-likeness (QED) is 0.742. The highest BCUT2D eigenvalue weighted by atomic mass is 16.1. The summed E-state index contributed by atoms with van der Waals surface area (Å²) in [4.78, 5) is 15.4. The van der Waals surface area contributed by atoms with Crippen molar-refractivity contribution in [1.82, 2.24) is 9.38 Å². The van der Waals surface area contributed by atoms with Crippen molar-refractivity contribution in [2.75, 3.05) is 0 Å². The molecular formula is C14H11N3O. The lowest BCUT2D eigenvalue weighted by molar-refractivity contribution is 0.100. The minimum Gasteiger partial charge on any atom is -0.366 e. The zero-order valence-electron chi connectivity index (χ0n) is 9.58. The molecule has 1 aromatic carbocycles. The third kappa shape index (κ3) is 1.64. The maximum absolute atomic E-state index is 11.2. The number of fused-ring (bicyclic) bond motifs is 1. The van der Waals surface area contributed by atoms with E-state index in [0.717, 1.165) is 16.9 Å². The summed E-state index contributed by atoms with van der Waals surface area (Å²) in [6, 6.07) is 13.1. The molecule has 0 unspecified atom stereocenters. The normalized spacial score (nSPS) is 10.7. The van der Waals surface area contributed by atoms with Gasteiger partial charge in [0, 0.05) is 18.0 Å². The topological polar surface area (TPSA) is 60.4 Å². The lowest BCUT2D eigenvalue weighted by atomic mass is 10.1. The summed E-state index contributed by atoms with van der Waals surface area (Å²) in [7, 11) is 0. The second-order valence-corrected chi connectivity index (χ2v) is 4.01. The molecule has 0 fully saturated rings. The van der Waals surface area contributed by atoms with Crippen LogP contribution in [-0.4, -0.2) is 15.3 Å². The van der Waals surface area contributed by atoms with Crippen LogP contribution in [0.4, 0.5) is 0 Å². The van der Waals surface area contributed by atoms with E-state index in [1.54, 1.807) is 18.3 Å². The summed E-state index contributed by atoms with van der Waals surface area (Å²) in [5.74, 6) is -0.422. The molecule has 1 amide bonds. The van der Waals surface area contributed by atoms with Crippen LogP contribution in [0.1, 0.15) is 10.4 Å². The molecule has 0 atom stereocenters. The highest BCUT2D eigenvalue weighted by Crippen LogP contribution is 2.21. The molecule has 0 saturated heterocycles. The molecule has 0 saturated carbocycles. The van der Waals surface area contributed by atoms with Gasteiger partial charge in [-0.05, 0) is 29.8 Å². The van der Waals surface area contributed by atoms with Crippen LogP contribution in [0.15, 0.2) is 54.9 Å². The molecule has 18 heavy (non-hydrogen) atoms. The zero-order chi connectivity index (χ0) is 12.5. The molecule has 0 aliphatic carbocycles. The van der Waals surface area contributed by atoms with E-state index in [1.807, 2.05) is 40.9 Å². The number of imidazole rings is 1. The van der Waals surface area contributed by atoms with Crippen LogP contribution >= 0.6 is 0 Å². The van der Waals surface area contributed by atoms with Gasteiger partial charge in [0.05, 0.1) is 5.69 Å². The van der Waals surface area contributed by atoms with E-state index < -0.39 is 5.91 Å². The highest BCUT2D eigenvalue weighted by Gasteiger charge is 2.06. The summed E-state index contributed by atoms with van der Waals surface area (Å²) >= 11 is 0. The molecule has 0 aliphatic rings. The van der Waals surface area contributed by atoms with E-state index >= 15 is 0 Å². The number of pyridine rings is 1. The van der Waals surface area contributed by atoms with Gasteiger partial charge in [0.1, 0.15) is 5.65 Å². The number of nitrogens with zero attached hydrogens (tertiary/aromatic N) is 2. The minimum atomic E-state index is -0.422. The van der Waals surface area contributed by atoms with Gasteiger partial charge < -0.3 is 5.73 Å². The molecule has 88 valence electrons. The standard InChI is InChI=1S/C14H11N3O/c15-14(18)11-4-1-3-10(9-11)12-5-2-6-13-16-7-8-17(12)13/h1-9H,(H2,15,18). The smallest absolute Gasteiger partial charge is 0.248 e. The van der Waals surface area contributed by atoms with E-state index in [4.69, 9.17) is 5.73 Å². The molecule has 2 heterocycles. The number of benzene rings is 1. The van der Waals surface area contributed by atoms with Crippen molar-refractivity contribution in [1.29, 1.82) is 0 Å². The number of nitrogens with two attached hydrogens (primary N) is 1. The van der Waals surface area contributed by atoms with E-state index in [-0.39, 0.29) is 0 Å². The number of primary amides is 1. The first kappa shape index (κ1) is 10.5. The number of amides is 1. The number of aromatic nitrogens is 2. The molecule has 4 nitrogen and oxygen atoms in total. The van der Waals surface area contributed by atoms with Crippen molar-refractivity contribution in [3.05, 3.63) is 60.4 Å². The Balaban J connectivity index is 2.23. The minimum absolute atomic E-state index is 0.422. The van der Waals surface area contributed by atoms with Gasteiger partial charge in [-0.15, -0.1) is 0 Å². The summed E-state index contributed by atoms with van der Waals surface area (Å²) < 4.78 is 1.97. The van der Waals surface area contributed by atoms with Crippen LogP contribution in [0.3, 0.4) is 0 Å².